The molecule has 0 aliphatic carbocycles. The first kappa shape index (κ1) is 18.0. The normalized spacial score (nSPS) is 14.6. The molecule has 0 saturated carbocycles. The van der Waals surface area contributed by atoms with Crippen LogP contribution in [0, 0.1) is 0 Å². The van der Waals surface area contributed by atoms with E-state index in [0.29, 0.717) is 10.7 Å². The van der Waals surface area contributed by atoms with Crippen LogP contribution in [0.5, 0.6) is 0 Å². The number of piperazine rings is 1. The van der Waals surface area contributed by atoms with Gasteiger partial charge >= 0.3 is 0 Å². The molecule has 5 aromatic rings. The number of H-pyrrole nitrogens is 1. The minimum atomic E-state index is 0.655. The number of nitrogens with one attached hydrogen (secondary N) is 1. The molecule has 154 valence electrons. The molecule has 4 aromatic heterocycles. The molecule has 1 aliphatic rings. The summed E-state index contributed by atoms with van der Waals surface area (Å²) in [5, 5.41) is 6.11. The number of halogens is 1. The second-order valence-corrected chi connectivity index (χ2v) is 7.68. The van der Waals surface area contributed by atoms with Crippen LogP contribution in [0.3, 0.4) is 0 Å². The molecule has 0 radical (unpaired) electrons. The third-order valence-electron chi connectivity index (χ3n) is 5.48. The van der Waals surface area contributed by atoms with E-state index in [2.05, 4.69) is 44.8 Å². The molecule has 31 heavy (non-hydrogen) atoms. The average molecular weight is 433 g/mol. The first-order valence-corrected chi connectivity index (χ1v) is 10.2. The summed E-state index contributed by atoms with van der Waals surface area (Å²) in [4.78, 5) is 29.6. The lowest BCUT2D eigenvalue weighted by Crippen LogP contribution is -2.47. The molecule has 6 rings (SSSR count). The third-order valence-corrected chi connectivity index (χ3v) is 5.71. The van der Waals surface area contributed by atoms with Gasteiger partial charge in [0, 0.05) is 31.2 Å². The number of rotatable bonds is 3. The maximum atomic E-state index is 6.16. The quantitative estimate of drug-likeness (QED) is 0.463. The molecule has 0 bridgehead atoms. The van der Waals surface area contributed by atoms with Crippen molar-refractivity contribution in [1.29, 1.82) is 0 Å². The summed E-state index contributed by atoms with van der Waals surface area (Å²) in [5.74, 6) is 1.76. The summed E-state index contributed by atoms with van der Waals surface area (Å²) in [6, 6.07) is 7.56. The number of aromatic amines is 1. The number of imidazole rings is 1. The van der Waals surface area contributed by atoms with E-state index < -0.39 is 0 Å². The van der Waals surface area contributed by atoms with Gasteiger partial charge in [-0.05, 0) is 18.2 Å². The Morgan fingerprint density at radius 3 is 2.48 bits per heavy atom. The summed E-state index contributed by atoms with van der Waals surface area (Å²) in [5.41, 5.74) is 3.16. The van der Waals surface area contributed by atoms with Gasteiger partial charge in [0.15, 0.2) is 17.1 Å². The third kappa shape index (κ3) is 3.03. The van der Waals surface area contributed by atoms with Crippen LogP contribution in [0.2, 0.25) is 5.02 Å². The topological polar surface area (TPSA) is 105 Å². The Morgan fingerprint density at radius 2 is 1.65 bits per heavy atom. The van der Waals surface area contributed by atoms with Gasteiger partial charge in [-0.2, -0.15) is 5.10 Å². The predicted octanol–water partition coefficient (Wildman–Crippen LogP) is 2.46. The zero-order valence-electron chi connectivity index (χ0n) is 16.4. The van der Waals surface area contributed by atoms with Crippen LogP contribution in [-0.2, 0) is 0 Å². The van der Waals surface area contributed by atoms with Gasteiger partial charge in [0.05, 0.1) is 23.6 Å². The molecule has 0 unspecified atom stereocenters. The highest BCUT2D eigenvalue weighted by Gasteiger charge is 2.24. The Kier molecular flexibility index (Phi) is 4.17. The van der Waals surface area contributed by atoms with Crippen molar-refractivity contribution in [2.24, 2.45) is 0 Å². The molecular weight excluding hydrogens is 416 g/mol. The maximum absolute atomic E-state index is 6.16. The Morgan fingerprint density at radius 1 is 0.871 bits per heavy atom. The van der Waals surface area contributed by atoms with E-state index in [9.17, 15) is 0 Å². The number of anilines is 2. The van der Waals surface area contributed by atoms with E-state index >= 15 is 0 Å². The fraction of sp³-hybridized carbons (Fsp3) is 0.200. The summed E-state index contributed by atoms with van der Waals surface area (Å²) in [6.07, 6.45) is 6.61. The standard InChI is InChI=1S/C20H17ClN10/c21-13-2-1-3-14(8-13)31-19-15(9-28-31)18(25-12-26-19)29-4-6-30(7-5-29)20-16-17(23-10-22-16)24-11-27-20/h1-3,8-12H,4-7H2,(H,22,23,24,27). The van der Waals surface area contributed by atoms with E-state index in [1.54, 1.807) is 23.7 Å². The molecule has 1 saturated heterocycles. The van der Waals surface area contributed by atoms with Crippen molar-refractivity contribution in [1.82, 2.24) is 39.7 Å². The molecule has 5 heterocycles. The Labute approximate surface area is 181 Å². The van der Waals surface area contributed by atoms with Crippen molar-refractivity contribution in [3.63, 3.8) is 0 Å². The number of hydrogen-bond acceptors (Lipinski definition) is 8. The highest BCUT2D eigenvalue weighted by Crippen LogP contribution is 2.27. The molecular formula is C20H17ClN10. The second kappa shape index (κ2) is 7.17. The van der Waals surface area contributed by atoms with Crippen LogP contribution in [0.4, 0.5) is 11.6 Å². The van der Waals surface area contributed by atoms with Crippen molar-refractivity contribution in [3.8, 4) is 5.69 Å². The van der Waals surface area contributed by atoms with Crippen LogP contribution in [0.15, 0.2) is 49.4 Å². The molecule has 1 aliphatic heterocycles. The van der Waals surface area contributed by atoms with E-state index in [0.717, 1.165) is 60.1 Å². The highest BCUT2D eigenvalue weighted by atomic mass is 35.5. The average Bonchev–Trinajstić information content (AvgIpc) is 3.46. The van der Waals surface area contributed by atoms with Gasteiger partial charge in [-0.15, -0.1) is 0 Å². The minimum Gasteiger partial charge on any atom is -0.352 e. The Balaban J connectivity index is 1.29. The van der Waals surface area contributed by atoms with Crippen LogP contribution in [-0.4, -0.2) is 65.9 Å². The molecule has 1 N–H and O–H groups in total. The van der Waals surface area contributed by atoms with Crippen molar-refractivity contribution >= 4 is 45.4 Å². The molecule has 0 spiro atoms. The zero-order chi connectivity index (χ0) is 20.8. The lowest BCUT2D eigenvalue weighted by Gasteiger charge is -2.36. The van der Waals surface area contributed by atoms with E-state index in [1.807, 2.05) is 30.5 Å². The van der Waals surface area contributed by atoms with Crippen LogP contribution in [0.25, 0.3) is 27.9 Å². The van der Waals surface area contributed by atoms with Crippen LogP contribution in [0.1, 0.15) is 0 Å². The van der Waals surface area contributed by atoms with Crippen molar-refractivity contribution in [2.75, 3.05) is 36.0 Å². The predicted molar refractivity (Wildman–Crippen MR) is 118 cm³/mol. The van der Waals surface area contributed by atoms with Gasteiger partial charge in [-0.1, -0.05) is 17.7 Å². The number of fused-ring (bicyclic) bond motifs is 2. The first-order chi connectivity index (χ1) is 15.3. The minimum absolute atomic E-state index is 0.655. The smallest absolute Gasteiger partial charge is 0.182 e. The fourth-order valence-electron chi connectivity index (χ4n) is 4.00. The lowest BCUT2D eigenvalue weighted by atomic mass is 10.2. The Hall–Kier alpha value is -3.79. The molecule has 1 aromatic carbocycles. The Bertz CT molecular complexity index is 1390. The van der Waals surface area contributed by atoms with Crippen molar-refractivity contribution in [3.05, 3.63) is 54.5 Å². The van der Waals surface area contributed by atoms with Gasteiger partial charge in [0.1, 0.15) is 24.0 Å². The van der Waals surface area contributed by atoms with Gasteiger partial charge in [0.2, 0.25) is 0 Å². The first-order valence-electron chi connectivity index (χ1n) is 9.86. The number of nitrogens with zero attached hydrogens (tertiary/aromatic N) is 9. The molecule has 10 nitrogen and oxygen atoms in total. The van der Waals surface area contributed by atoms with Crippen LogP contribution < -0.4 is 9.80 Å². The van der Waals surface area contributed by atoms with E-state index in [1.165, 1.54) is 0 Å². The van der Waals surface area contributed by atoms with E-state index in [-0.39, 0.29) is 0 Å². The summed E-state index contributed by atoms with van der Waals surface area (Å²) in [7, 11) is 0. The molecule has 1 fully saturated rings. The largest absolute Gasteiger partial charge is 0.352 e. The summed E-state index contributed by atoms with van der Waals surface area (Å²) < 4.78 is 1.79. The lowest BCUT2D eigenvalue weighted by molar-refractivity contribution is 0.644. The van der Waals surface area contributed by atoms with Gasteiger partial charge in [-0.3, -0.25) is 0 Å². The van der Waals surface area contributed by atoms with Gasteiger partial charge < -0.3 is 14.8 Å². The van der Waals surface area contributed by atoms with Gasteiger partial charge in [-0.25, -0.2) is 29.6 Å². The van der Waals surface area contributed by atoms with Gasteiger partial charge in [0.25, 0.3) is 0 Å². The zero-order valence-corrected chi connectivity index (χ0v) is 17.1. The number of hydrogen-bond donors (Lipinski definition) is 1. The van der Waals surface area contributed by atoms with Crippen molar-refractivity contribution in [2.45, 2.75) is 0 Å². The number of aromatic nitrogens is 8. The van der Waals surface area contributed by atoms with Crippen molar-refractivity contribution < 1.29 is 0 Å². The number of benzene rings is 1. The summed E-state index contributed by atoms with van der Waals surface area (Å²) >= 11 is 6.16. The molecule has 11 heteroatoms. The highest BCUT2D eigenvalue weighted by molar-refractivity contribution is 6.30. The SMILES string of the molecule is Clc1cccc(-n2ncc3c(N4CCN(c5ncnc6nc[nH]c56)CC4)ncnc32)c1. The van der Waals surface area contributed by atoms with Crippen LogP contribution >= 0.6 is 11.6 Å². The summed E-state index contributed by atoms with van der Waals surface area (Å²) in [6.45, 7) is 3.21. The maximum Gasteiger partial charge on any atom is 0.182 e. The fourth-order valence-corrected chi connectivity index (χ4v) is 4.19. The molecule has 0 amide bonds. The van der Waals surface area contributed by atoms with E-state index in [4.69, 9.17) is 11.6 Å². The second-order valence-electron chi connectivity index (χ2n) is 7.24. The monoisotopic (exact) mass is 432 g/mol. The molecule has 0 atom stereocenters.